The average molecular weight is 467 g/mol. The number of rotatable bonds is 6. The van der Waals surface area contributed by atoms with Crippen molar-refractivity contribution < 1.29 is 14.3 Å². The van der Waals surface area contributed by atoms with Crippen molar-refractivity contribution in [1.29, 1.82) is 0 Å². The van der Waals surface area contributed by atoms with Gasteiger partial charge in [-0.25, -0.2) is 0 Å². The van der Waals surface area contributed by atoms with Gasteiger partial charge in [0.05, 0.1) is 11.4 Å². The van der Waals surface area contributed by atoms with Crippen LogP contribution in [0.15, 0.2) is 41.6 Å². The Morgan fingerprint density at radius 2 is 1.82 bits per heavy atom. The summed E-state index contributed by atoms with van der Waals surface area (Å²) in [5.74, 6) is 2.03. The van der Waals surface area contributed by atoms with E-state index in [9.17, 15) is 4.79 Å². The van der Waals surface area contributed by atoms with Crippen molar-refractivity contribution in [1.82, 2.24) is 30.0 Å². The summed E-state index contributed by atoms with van der Waals surface area (Å²) in [6.45, 7) is 8.36. The number of piperazine rings is 1. The van der Waals surface area contributed by atoms with Gasteiger partial charge in [0, 0.05) is 32.7 Å². The average Bonchev–Trinajstić information content (AvgIpc) is 3.49. The van der Waals surface area contributed by atoms with Gasteiger partial charge >= 0.3 is 0 Å². The summed E-state index contributed by atoms with van der Waals surface area (Å²) in [6.07, 6.45) is 0. The number of nitrogens with zero attached hydrogens (tertiary/aromatic N) is 6. The van der Waals surface area contributed by atoms with Crippen LogP contribution in [0.1, 0.15) is 16.7 Å². The molecule has 0 N–H and O–H groups in total. The lowest BCUT2D eigenvalue weighted by molar-refractivity contribution is -0.130. The number of amides is 1. The van der Waals surface area contributed by atoms with Gasteiger partial charge in [-0.2, -0.15) is 4.68 Å². The normalized spacial score (nSPS) is 15.8. The molecule has 0 saturated carbocycles. The number of aromatic nitrogens is 4. The van der Waals surface area contributed by atoms with E-state index in [4.69, 9.17) is 9.47 Å². The maximum Gasteiger partial charge on any atom is 0.233 e. The third-order valence-electron chi connectivity index (χ3n) is 6.07. The molecule has 0 atom stereocenters. The van der Waals surface area contributed by atoms with Crippen LogP contribution >= 0.6 is 11.8 Å². The van der Waals surface area contributed by atoms with E-state index in [2.05, 4.69) is 52.5 Å². The minimum atomic E-state index is 0.109. The molecule has 3 aromatic rings. The van der Waals surface area contributed by atoms with Gasteiger partial charge in [-0.15, -0.1) is 5.10 Å². The van der Waals surface area contributed by atoms with Crippen molar-refractivity contribution in [3.8, 4) is 17.2 Å². The lowest BCUT2D eigenvalue weighted by atomic mass is 10.1. The fourth-order valence-electron chi connectivity index (χ4n) is 3.96. The molecule has 2 aliphatic heterocycles. The van der Waals surface area contributed by atoms with E-state index < -0.39 is 0 Å². The highest BCUT2D eigenvalue weighted by molar-refractivity contribution is 7.99. The van der Waals surface area contributed by atoms with Crippen molar-refractivity contribution in [2.75, 3.05) is 38.7 Å². The third kappa shape index (κ3) is 4.81. The number of benzene rings is 2. The number of hydrogen-bond donors (Lipinski definition) is 0. The number of fused-ring (bicyclic) bond motifs is 1. The Morgan fingerprint density at radius 1 is 1.00 bits per heavy atom. The zero-order valence-electron chi connectivity index (χ0n) is 18.7. The standard InChI is InChI=1S/C23H26N6O3S/c1-16-3-5-19(11-17(16)2)29-23(24-25-26-29)33-14-22(30)28-9-7-27(8-10-28)13-18-4-6-20-21(12-18)32-15-31-20/h3-6,11-12H,7-10,13-15H2,1-2H3. The molecule has 0 aliphatic carbocycles. The van der Waals surface area contributed by atoms with Gasteiger partial charge in [0.25, 0.3) is 0 Å². The molecule has 9 nitrogen and oxygen atoms in total. The molecular weight excluding hydrogens is 440 g/mol. The van der Waals surface area contributed by atoms with Crippen LogP contribution in [0.5, 0.6) is 11.5 Å². The molecule has 10 heteroatoms. The molecule has 5 rings (SSSR count). The Balaban J connectivity index is 1.13. The molecule has 3 heterocycles. The fraction of sp³-hybridized carbons (Fsp3) is 0.391. The first-order valence-electron chi connectivity index (χ1n) is 10.9. The van der Waals surface area contributed by atoms with E-state index in [1.165, 1.54) is 28.5 Å². The molecular formula is C23H26N6O3S. The van der Waals surface area contributed by atoms with E-state index >= 15 is 0 Å². The Labute approximate surface area is 196 Å². The van der Waals surface area contributed by atoms with Gasteiger partial charge in [0.2, 0.25) is 17.9 Å². The van der Waals surface area contributed by atoms with E-state index in [1.807, 2.05) is 23.1 Å². The Hall–Kier alpha value is -3.11. The zero-order valence-corrected chi connectivity index (χ0v) is 19.5. The molecule has 2 aromatic carbocycles. The predicted octanol–water partition coefficient (Wildman–Crippen LogP) is 2.44. The first kappa shape index (κ1) is 21.7. The zero-order chi connectivity index (χ0) is 22.8. The lowest BCUT2D eigenvalue weighted by Gasteiger charge is -2.34. The van der Waals surface area contributed by atoms with Gasteiger partial charge < -0.3 is 14.4 Å². The highest BCUT2D eigenvalue weighted by atomic mass is 32.2. The van der Waals surface area contributed by atoms with Crippen LogP contribution < -0.4 is 9.47 Å². The van der Waals surface area contributed by atoms with Crippen LogP contribution in [-0.2, 0) is 11.3 Å². The number of hydrogen-bond acceptors (Lipinski definition) is 8. The van der Waals surface area contributed by atoms with Gasteiger partial charge in [-0.1, -0.05) is 23.9 Å². The predicted molar refractivity (Wildman–Crippen MR) is 124 cm³/mol. The van der Waals surface area contributed by atoms with E-state index in [1.54, 1.807) is 4.68 Å². The SMILES string of the molecule is Cc1ccc(-n2nnnc2SCC(=O)N2CCN(Cc3ccc4c(c3)OCO4)CC2)cc1C. The number of thioether (sulfide) groups is 1. The summed E-state index contributed by atoms with van der Waals surface area (Å²) in [4.78, 5) is 17.1. The molecule has 0 bridgehead atoms. The summed E-state index contributed by atoms with van der Waals surface area (Å²) in [7, 11) is 0. The van der Waals surface area contributed by atoms with Crippen LogP contribution in [0.4, 0.5) is 0 Å². The van der Waals surface area contributed by atoms with E-state index in [0.29, 0.717) is 24.0 Å². The molecule has 0 unspecified atom stereocenters. The Bertz CT molecular complexity index is 1160. The second-order valence-electron chi connectivity index (χ2n) is 8.28. The van der Waals surface area contributed by atoms with Crippen LogP contribution in [0, 0.1) is 13.8 Å². The summed E-state index contributed by atoms with van der Waals surface area (Å²) in [6, 6.07) is 12.2. The molecule has 2 aliphatic rings. The second-order valence-corrected chi connectivity index (χ2v) is 9.22. The van der Waals surface area contributed by atoms with Crippen LogP contribution in [0.3, 0.4) is 0 Å². The monoisotopic (exact) mass is 466 g/mol. The molecule has 1 saturated heterocycles. The minimum absolute atomic E-state index is 0.109. The molecule has 1 amide bonds. The molecule has 0 spiro atoms. The van der Waals surface area contributed by atoms with E-state index in [0.717, 1.165) is 36.8 Å². The quantitative estimate of drug-likeness (QED) is 0.512. The molecule has 172 valence electrons. The summed E-state index contributed by atoms with van der Waals surface area (Å²) in [5, 5.41) is 12.6. The second kappa shape index (κ2) is 9.40. The maximum absolute atomic E-state index is 12.8. The summed E-state index contributed by atoms with van der Waals surface area (Å²) < 4.78 is 12.5. The highest BCUT2D eigenvalue weighted by Gasteiger charge is 2.23. The first-order chi connectivity index (χ1) is 16.1. The smallest absolute Gasteiger partial charge is 0.233 e. The third-order valence-corrected chi connectivity index (χ3v) is 6.97. The van der Waals surface area contributed by atoms with Crippen LogP contribution in [-0.4, -0.2) is 74.6 Å². The largest absolute Gasteiger partial charge is 0.454 e. The number of ether oxygens (including phenoxy) is 2. The molecule has 0 radical (unpaired) electrons. The van der Waals surface area contributed by atoms with Crippen molar-refractivity contribution in [2.24, 2.45) is 0 Å². The van der Waals surface area contributed by atoms with Crippen molar-refractivity contribution in [3.63, 3.8) is 0 Å². The fourth-order valence-corrected chi connectivity index (χ4v) is 4.75. The maximum atomic E-state index is 12.8. The summed E-state index contributed by atoms with van der Waals surface area (Å²) >= 11 is 1.37. The van der Waals surface area contributed by atoms with Crippen molar-refractivity contribution >= 4 is 17.7 Å². The van der Waals surface area contributed by atoms with Gasteiger partial charge in [-0.3, -0.25) is 9.69 Å². The first-order valence-corrected chi connectivity index (χ1v) is 11.9. The number of tetrazole rings is 1. The van der Waals surface area contributed by atoms with E-state index in [-0.39, 0.29) is 12.7 Å². The van der Waals surface area contributed by atoms with Gasteiger partial charge in [-0.05, 0) is 65.2 Å². The van der Waals surface area contributed by atoms with Gasteiger partial charge in [0.15, 0.2) is 11.5 Å². The van der Waals surface area contributed by atoms with Crippen molar-refractivity contribution in [3.05, 3.63) is 53.1 Å². The number of aryl methyl sites for hydroxylation is 2. The molecule has 33 heavy (non-hydrogen) atoms. The Kier molecular flexibility index (Phi) is 6.19. The van der Waals surface area contributed by atoms with Crippen LogP contribution in [0.25, 0.3) is 5.69 Å². The van der Waals surface area contributed by atoms with Crippen LogP contribution in [0.2, 0.25) is 0 Å². The minimum Gasteiger partial charge on any atom is -0.454 e. The molecule has 1 aromatic heterocycles. The van der Waals surface area contributed by atoms with Crippen molar-refractivity contribution in [2.45, 2.75) is 25.5 Å². The topological polar surface area (TPSA) is 85.6 Å². The number of carbonyl (C=O) groups excluding carboxylic acids is 1. The molecule has 1 fully saturated rings. The number of carbonyl (C=O) groups is 1. The Morgan fingerprint density at radius 3 is 2.64 bits per heavy atom. The lowest BCUT2D eigenvalue weighted by Crippen LogP contribution is -2.48. The van der Waals surface area contributed by atoms with Gasteiger partial charge in [0.1, 0.15) is 0 Å². The summed E-state index contributed by atoms with van der Waals surface area (Å²) in [5.41, 5.74) is 4.48. The highest BCUT2D eigenvalue weighted by Crippen LogP contribution is 2.33.